The lowest BCUT2D eigenvalue weighted by atomic mass is 10.1. The van der Waals surface area contributed by atoms with Gasteiger partial charge >= 0.3 is 0 Å². The quantitative estimate of drug-likeness (QED) is 0.765. The minimum atomic E-state index is -0.976. The van der Waals surface area contributed by atoms with Crippen LogP contribution in [0.2, 0.25) is 5.02 Å². The van der Waals surface area contributed by atoms with Gasteiger partial charge < -0.3 is 4.74 Å². The van der Waals surface area contributed by atoms with Gasteiger partial charge in [-0.05, 0) is 25.1 Å². The SMILES string of the molecule is CC(=O)C(Cl)c1cc(Cl)ccc1OCF. The lowest BCUT2D eigenvalue weighted by molar-refractivity contribution is -0.116. The Kier molecular flexibility index (Phi) is 4.36. The van der Waals surface area contributed by atoms with Crippen LogP contribution in [0.3, 0.4) is 0 Å². The van der Waals surface area contributed by atoms with E-state index in [2.05, 4.69) is 0 Å². The second kappa shape index (κ2) is 5.33. The van der Waals surface area contributed by atoms with Crippen molar-refractivity contribution >= 4 is 29.0 Å². The molecule has 5 heteroatoms. The number of benzene rings is 1. The molecule has 0 heterocycles. The van der Waals surface area contributed by atoms with Crippen molar-refractivity contribution in [1.29, 1.82) is 0 Å². The molecule has 2 nitrogen and oxygen atoms in total. The molecule has 0 N–H and O–H groups in total. The Bertz CT molecular complexity index is 368. The number of ether oxygens (including phenoxy) is 1. The average molecular weight is 251 g/mol. The first-order valence-corrected chi connectivity index (χ1v) is 5.00. The van der Waals surface area contributed by atoms with Crippen molar-refractivity contribution in [3.8, 4) is 5.75 Å². The van der Waals surface area contributed by atoms with Crippen LogP contribution in [0.15, 0.2) is 18.2 Å². The smallest absolute Gasteiger partial charge is 0.228 e. The highest BCUT2D eigenvalue weighted by Gasteiger charge is 2.18. The summed E-state index contributed by atoms with van der Waals surface area (Å²) in [7, 11) is 0. The Morgan fingerprint density at radius 1 is 1.60 bits per heavy atom. The molecule has 0 bridgehead atoms. The van der Waals surface area contributed by atoms with Crippen molar-refractivity contribution in [2.75, 3.05) is 6.86 Å². The highest BCUT2D eigenvalue weighted by atomic mass is 35.5. The number of Topliss-reactive ketones (excluding diaryl/α,β-unsaturated/α-hetero) is 1. The second-order valence-electron chi connectivity index (χ2n) is 2.91. The predicted octanol–water partition coefficient (Wildman–Crippen LogP) is 3.51. The Balaban J connectivity index is 3.11. The zero-order chi connectivity index (χ0) is 11.4. The molecular formula is C10H9Cl2FO2. The Morgan fingerprint density at radius 2 is 2.27 bits per heavy atom. The number of halogens is 3. The number of carbonyl (C=O) groups excluding carboxylic acids is 1. The summed E-state index contributed by atoms with van der Waals surface area (Å²) < 4.78 is 16.7. The summed E-state index contributed by atoms with van der Waals surface area (Å²) >= 11 is 11.6. The molecule has 1 aromatic rings. The molecule has 1 rings (SSSR count). The van der Waals surface area contributed by atoms with Gasteiger partial charge in [-0.15, -0.1) is 11.6 Å². The van der Waals surface area contributed by atoms with Gasteiger partial charge in [0.1, 0.15) is 11.1 Å². The van der Waals surface area contributed by atoms with Crippen molar-refractivity contribution in [3.05, 3.63) is 28.8 Å². The van der Waals surface area contributed by atoms with Crippen LogP contribution < -0.4 is 4.74 Å². The van der Waals surface area contributed by atoms with Gasteiger partial charge in [0.15, 0.2) is 5.78 Å². The van der Waals surface area contributed by atoms with E-state index in [9.17, 15) is 9.18 Å². The molecular weight excluding hydrogens is 242 g/mol. The van der Waals surface area contributed by atoms with Crippen LogP contribution in [-0.2, 0) is 4.79 Å². The molecule has 0 aliphatic heterocycles. The number of ketones is 1. The summed E-state index contributed by atoms with van der Waals surface area (Å²) in [5, 5.41) is -0.451. The number of hydrogen-bond acceptors (Lipinski definition) is 2. The van der Waals surface area contributed by atoms with Gasteiger partial charge in [0, 0.05) is 10.6 Å². The van der Waals surface area contributed by atoms with Crippen LogP contribution in [0.5, 0.6) is 5.75 Å². The van der Waals surface area contributed by atoms with Gasteiger partial charge in [-0.3, -0.25) is 4.79 Å². The van der Waals surface area contributed by atoms with Gasteiger partial charge in [0.05, 0.1) is 0 Å². The van der Waals surface area contributed by atoms with E-state index in [-0.39, 0.29) is 11.5 Å². The van der Waals surface area contributed by atoms with E-state index in [1.165, 1.54) is 19.1 Å². The number of hydrogen-bond donors (Lipinski definition) is 0. The summed E-state index contributed by atoms with van der Waals surface area (Å²) in [6, 6.07) is 4.51. The molecule has 1 aromatic carbocycles. The van der Waals surface area contributed by atoms with Crippen molar-refractivity contribution < 1.29 is 13.9 Å². The van der Waals surface area contributed by atoms with Crippen LogP contribution in [-0.4, -0.2) is 12.6 Å². The van der Waals surface area contributed by atoms with Gasteiger partial charge in [-0.25, -0.2) is 4.39 Å². The zero-order valence-electron chi connectivity index (χ0n) is 7.97. The van der Waals surface area contributed by atoms with Gasteiger partial charge in [0.25, 0.3) is 0 Å². The standard InChI is InChI=1S/C10H9Cl2FO2/c1-6(14)10(12)8-4-7(11)2-3-9(8)15-5-13/h2-4,10H,5H2,1H3. The minimum Gasteiger partial charge on any atom is -0.463 e. The zero-order valence-corrected chi connectivity index (χ0v) is 9.48. The summed E-state index contributed by atoms with van der Waals surface area (Å²) in [5.41, 5.74) is 0.384. The third kappa shape index (κ3) is 3.08. The lowest BCUT2D eigenvalue weighted by Gasteiger charge is -2.12. The second-order valence-corrected chi connectivity index (χ2v) is 3.78. The maximum Gasteiger partial charge on any atom is 0.228 e. The third-order valence-electron chi connectivity index (χ3n) is 1.81. The van der Waals surface area contributed by atoms with E-state index < -0.39 is 12.2 Å². The largest absolute Gasteiger partial charge is 0.463 e. The molecule has 15 heavy (non-hydrogen) atoms. The third-order valence-corrected chi connectivity index (χ3v) is 2.59. The van der Waals surface area contributed by atoms with E-state index in [0.717, 1.165) is 0 Å². The molecule has 0 saturated carbocycles. The Labute approximate surface area is 96.9 Å². The fourth-order valence-corrected chi connectivity index (χ4v) is 1.48. The minimum absolute atomic E-state index is 0.233. The van der Waals surface area contributed by atoms with E-state index in [1.807, 2.05) is 0 Å². The van der Waals surface area contributed by atoms with Crippen molar-refractivity contribution in [3.63, 3.8) is 0 Å². The van der Waals surface area contributed by atoms with Crippen LogP contribution in [0.1, 0.15) is 17.9 Å². The highest BCUT2D eigenvalue weighted by Crippen LogP contribution is 2.32. The molecule has 0 amide bonds. The van der Waals surface area contributed by atoms with Gasteiger partial charge in [0.2, 0.25) is 6.86 Å². The summed E-state index contributed by atoms with van der Waals surface area (Å²) in [4.78, 5) is 11.1. The van der Waals surface area contributed by atoms with Crippen molar-refractivity contribution in [1.82, 2.24) is 0 Å². The van der Waals surface area contributed by atoms with Crippen LogP contribution in [0.4, 0.5) is 4.39 Å². The lowest BCUT2D eigenvalue weighted by Crippen LogP contribution is -2.04. The topological polar surface area (TPSA) is 26.3 Å². The highest BCUT2D eigenvalue weighted by molar-refractivity contribution is 6.32. The van der Waals surface area contributed by atoms with Crippen LogP contribution in [0.25, 0.3) is 0 Å². The number of alkyl halides is 2. The molecule has 0 fully saturated rings. The summed E-state index contributed by atoms with van der Waals surface area (Å²) in [6.45, 7) is 0.369. The van der Waals surface area contributed by atoms with Crippen molar-refractivity contribution in [2.45, 2.75) is 12.3 Å². The maximum atomic E-state index is 12.0. The van der Waals surface area contributed by atoms with Gasteiger partial charge in [-0.1, -0.05) is 11.6 Å². The van der Waals surface area contributed by atoms with E-state index in [4.69, 9.17) is 27.9 Å². The normalized spacial score (nSPS) is 12.3. The molecule has 0 aromatic heterocycles. The van der Waals surface area contributed by atoms with Crippen LogP contribution in [0, 0.1) is 0 Å². The van der Waals surface area contributed by atoms with Crippen molar-refractivity contribution in [2.24, 2.45) is 0 Å². The number of rotatable bonds is 4. The molecule has 0 radical (unpaired) electrons. The monoisotopic (exact) mass is 250 g/mol. The first-order chi connectivity index (χ1) is 7.06. The first-order valence-electron chi connectivity index (χ1n) is 4.19. The number of carbonyl (C=O) groups is 1. The molecule has 0 spiro atoms. The molecule has 1 atom stereocenters. The fraction of sp³-hybridized carbons (Fsp3) is 0.300. The van der Waals surface area contributed by atoms with Crippen LogP contribution >= 0.6 is 23.2 Å². The Hall–Kier alpha value is -0.800. The van der Waals surface area contributed by atoms with Gasteiger partial charge in [-0.2, -0.15) is 0 Å². The predicted molar refractivity (Wildman–Crippen MR) is 57.3 cm³/mol. The molecule has 1 unspecified atom stereocenters. The Morgan fingerprint density at radius 3 is 2.80 bits per heavy atom. The van der Waals surface area contributed by atoms with E-state index in [0.29, 0.717) is 10.6 Å². The fourth-order valence-electron chi connectivity index (χ4n) is 1.13. The molecule has 0 aliphatic carbocycles. The summed E-state index contributed by atoms with van der Waals surface area (Å²) in [5.74, 6) is -0.0141. The summed E-state index contributed by atoms with van der Waals surface area (Å²) in [6.07, 6.45) is 0. The maximum absolute atomic E-state index is 12.0. The molecule has 82 valence electrons. The van der Waals surface area contributed by atoms with E-state index in [1.54, 1.807) is 6.07 Å². The van der Waals surface area contributed by atoms with E-state index >= 15 is 0 Å². The molecule has 0 saturated heterocycles. The average Bonchev–Trinajstić information content (AvgIpc) is 2.20. The first kappa shape index (κ1) is 12.3. The molecule has 0 aliphatic rings.